The molecule has 4 aromatic rings. The second-order valence-electron chi connectivity index (χ2n) is 11.1. The van der Waals surface area contributed by atoms with Crippen LogP contribution in [-0.4, -0.2) is 35.4 Å². The summed E-state index contributed by atoms with van der Waals surface area (Å²) in [7, 11) is 1.52. The molecule has 0 radical (unpaired) electrons. The summed E-state index contributed by atoms with van der Waals surface area (Å²) in [5.74, 6) is -0.923. The molecule has 1 aliphatic heterocycles. The first-order valence-corrected chi connectivity index (χ1v) is 14.7. The van der Waals surface area contributed by atoms with Gasteiger partial charge in [-0.2, -0.15) is 0 Å². The summed E-state index contributed by atoms with van der Waals surface area (Å²) < 4.78 is 54.2. The van der Waals surface area contributed by atoms with Gasteiger partial charge in [0.15, 0.2) is 23.1 Å². The van der Waals surface area contributed by atoms with Gasteiger partial charge in [0.2, 0.25) is 5.75 Å². The number of hydrogen-bond acceptors (Lipinski definition) is 7. The first-order chi connectivity index (χ1) is 22.5. The zero-order chi connectivity index (χ0) is 33.8. The third-order valence-corrected chi connectivity index (χ3v) is 7.17. The normalized spacial score (nSPS) is 12.5. The predicted molar refractivity (Wildman–Crippen MR) is 173 cm³/mol. The number of benzene rings is 3. The highest BCUT2D eigenvalue weighted by Gasteiger charge is 2.27. The molecule has 1 aromatic heterocycles. The van der Waals surface area contributed by atoms with Crippen molar-refractivity contribution in [1.29, 1.82) is 0 Å². The van der Waals surface area contributed by atoms with E-state index in [0.29, 0.717) is 41.6 Å². The van der Waals surface area contributed by atoms with Gasteiger partial charge >= 0.3 is 5.69 Å². The molecule has 0 atom stereocenters. The number of fused-ring (bicyclic) bond motifs is 1. The Morgan fingerprint density at radius 2 is 1.74 bits per heavy atom. The van der Waals surface area contributed by atoms with E-state index >= 15 is 4.39 Å². The van der Waals surface area contributed by atoms with Gasteiger partial charge < -0.3 is 24.3 Å². The van der Waals surface area contributed by atoms with E-state index in [4.69, 9.17) is 18.9 Å². The lowest BCUT2D eigenvalue weighted by Gasteiger charge is -2.25. The van der Waals surface area contributed by atoms with Gasteiger partial charge in [0.1, 0.15) is 30.4 Å². The first kappa shape index (κ1) is 32.7. The van der Waals surface area contributed by atoms with Crippen LogP contribution < -0.4 is 35.5 Å². The lowest BCUT2D eigenvalue weighted by atomic mass is 10.0. The molecule has 0 spiro atoms. The van der Waals surface area contributed by atoms with Gasteiger partial charge in [-0.25, -0.2) is 18.1 Å². The maximum absolute atomic E-state index is 15.5. The van der Waals surface area contributed by atoms with E-state index in [0.717, 1.165) is 22.8 Å². The standard InChI is InChI=1S/C35H33F2N3O7/c1-6-7-28(30-21(4)16-29(44-5)31-32(30)46-15-14-45-31)47-27-13-10-23(17-26(27)37)38-33(41)25-19-39(18-20(2)3)35(43)40(34(25)42)24-11-8-22(36)9-12-24/h6-13,16-17,19-20H,1,14-15,18H2,2-5H3,(H,38,41)/b28-7+. The fourth-order valence-electron chi connectivity index (χ4n) is 5.11. The van der Waals surface area contributed by atoms with Crippen molar-refractivity contribution in [1.82, 2.24) is 9.13 Å². The van der Waals surface area contributed by atoms with Crippen molar-refractivity contribution < 1.29 is 32.5 Å². The van der Waals surface area contributed by atoms with E-state index in [9.17, 15) is 18.8 Å². The van der Waals surface area contributed by atoms with Gasteiger partial charge in [-0.05, 0) is 66.9 Å². The Labute approximate surface area is 269 Å². The molecule has 0 unspecified atom stereocenters. The Balaban J connectivity index is 1.46. The fraction of sp³-hybridized carbons (Fsp3) is 0.229. The van der Waals surface area contributed by atoms with Crippen molar-refractivity contribution in [2.75, 3.05) is 25.6 Å². The molecule has 12 heteroatoms. The van der Waals surface area contributed by atoms with Crippen molar-refractivity contribution in [2.24, 2.45) is 5.92 Å². The zero-order valence-electron chi connectivity index (χ0n) is 26.3. The second kappa shape index (κ2) is 13.8. The Kier molecular flexibility index (Phi) is 9.59. The number of ether oxygens (including phenoxy) is 4. The Hall–Kier alpha value is -5.65. The molecule has 1 amide bonds. The molecule has 244 valence electrons. The van der Waals surface area contributed by atoms with Crippen LogP contribution in [0.3, 0.4) is 0 Å². The van der Waals surface area contributed by atoms with E-state index in [-0.39, 0.29) is 40.9 Å². The number of methoxy groups -OCH3 is 1. The summed E-state index contributed by atoms with van der Waals surface area (Å²) in [4.78, 5) is 40.0. The quantitative estimate of drug-likeness (QED) is 0.170. The average Bonchev–Trinajstić information content (AvgIpc) is 3.03. The van der Waals surface area contributed by atoms with Crippen LogP contribution in [0.5, 0.6) is 23.0 Å². The van der Waals surface area contributed by atoms with Crippen molar-refractivity contribution in [3.63, 3.8) is 0 Å². The highest BCUT2D eigenvalue weighted by atomic mass is 19.1. The third-order valence-electron chi connectivity index (χ3n) is 7.17. The molecule has 0 saturated carbocycles. The molecule has 10 nitrogen and oxygen atoms in total. The molecule has 47 heavy (non-hydrogen) atoms. The highest BCUT2D eigenvalue weighted by Crippen LogP contribution is 2.46. The van der Waals surface area contributed by atoms with E-state index in [1.807, 2.05) is 20.8 Å². The number of carbonyl (C=O) groups excluding carboxylic acids is 1. The summed E-state index contributed by atoms with van der Waals surface area (Å²) in [6.45, 7) is 10.1. The van der Waals surface area contributed by atoms with Crippen LogP contribution in [0.2, 0.25) is 0 Å². The Morgan fingerprint density at radius 3 is 2.38 bits per heavy atom. The molecular formula is C35H33F2N3O7. The van der Waals surface area contributed by atoms with E-state index in [2.05, 4.69) is 11.9 Å². The maximum atomic E-state index is 15.5. The molecule has 0 saturated heterocycles. The average molecular weight is 646 g/mol. The maximum Gasteiger partial charge on any atom is 0.335 e. The number of aromatic nitrogens is 2. The molecular weight excluding hydrogens is 612 g/mol. The SMILES string of the molecule is C=C/C=C(/Oc1ccc(NC(=O)c2cn(CC(C)C)c(=O)n(-c3ccc(F)cc3)c2=O)cc1F)c1c(C)cc(OC)c2c1OCCO2. The minimum atomic E-state index is -0.914. The van der Waals surface area contributed by atoms with Crippen LogP contribution in [0, 0.1) is 24.5 Å². The number of anilines is 1. The van der Waals surface area contributed by atoms with Crippen LogP contribution in [0.4, 0.5) is 14.5 Å². The van der Waals surface area contributed by atoms with Crippen LogP contribution in [-0.2, 0) is 6.54 Å². The molecule has 0 fully saturated rings. The smallest absolute Gasteiger partial charge is 0.335 e. The summed E-state index contributed by atoms with van der Waals surface area (Å²) in [5, 5.41) is 2.52. The number of nitrogens with zero attached hydrogens (tertiary/aromatic N) is 2. The molecule has 0 aliphatic carbocycles. The van der Waals surface area contributed by atoms with Crippen LogP contribution in [0.1, 0.15) is 35.3 Å². The summed E-state index contributed by atoms with van der Waals surface area (Å²) >= 11 is 0. The van der Waals surface area contributed by atoms with Crippen molar-refractivity contribution in [3.8, 4) is 28.7 Å². The number of rotatable bonds is 10. The van der Waals surface area contributed by atoms with E-state index < -0.39 is 28.8 Å². The first-order valence-electron chi connectivity index (χ1n) is 14.7. The molecule has 3 aromatic carbocycles. The fourth-order valence-corrected chi connectivity index (χ4v) is 5.11. The second-order valence-corrected chi connectivity index (χ2v) is 11.1. The monoisotopic (exact) mass is 645 g/mol. The number of nitrogens with one attached hydrogen (secondary N) is 1. The minimum Gasteiger partial charge on any atom is -0.493 e. The lowest BCUT2D eigenvalue weighted by Crippen LogP contribution is -2.42. The number of aryl methyl sites for hydroxylation is 1. The third kappa shape index (κ3) is 6.81. The Morgan fingerprint density at radius 1 is 1.04 bits per heavy atom. The van der Waals surface area contributed by atoms with E-state index in [1.165, 1.54) is 48.2 Å². The van der Waals surface area contributed by atoms with Gasteiger partial charge in [-0.15, -0.1) is 0 Å². The largest absolute Gasteiger partial charge is 0.493 e. The van der Waals surface area contributed by atoms with Gasteiger partial charge in [-0.1, -0.05) is 26.5 Å². The lowest BCUT2D eigenvalue weighted by molar-refractivity contribution is 0.102. The molecule has 1 aliphatic rings. The van der Waals surface area contributed by atoms with Gasteiger partial charge in [0.05, 0.1) is 18.4 Å². The van der Waals surface area contributed by atoms with Crippen molar-refractivity contribution in [3.05, 3.63) is 123 Å². The predicted octanol–water partition coefficient (Wildman–Crippen LogP) is 5.88. The number of halogens is 2. The van der Waals surface area contributed by atoms with Crippen molar-refractivity contribution >= 4 is 17.4 Å². The molecule has 0 bridgehead atoms. The number of amides is 1. The minimum absolute atomic E-state index is 0.00394. The van der Waals surface area contributed by atoms with Crippen molar-refractivity contribution in [2.45, 2.75) is 27.3 Å². The molecule has 5 rings (SSSR count). The van der Waals surface area contributed by atoms with Gasteiger partial charge in [-0.3, -0.25) is 14.2 Å². The number of hydrogen-bond donors (Lipinski definition) is 1. The van der Waals surface area contributed by atoms with Crippen LogP contribution >= 0.6 is 0 Å². The summed E-state index contributed by atoms with van der Waals surface area (Å²) in [6, 6.07) is 10.3. The Bertz CT molecular complexity index is 2000. The van der Waals surface area contributed by atoms with Gasteiger partial charge in [0.25, 0.3) is 11.5 Å². The number of carbonyl (C=O) groups is 1. The van der Waals surface area contributed by atoms with Crippen LogP contribution in [0.25, 0.3) is 11.4 Å². The zero-order valence-corrected chi connectivity index (χ0v) is 26.3. The number of allylic oxidation sites excluding steroid dienone is 2. The topological polar surface area (TPSA) is 110 Å². The van der Waals surface area contributed by atoms with E-state index in [1.54, 1.807) is 12.1 Å². The summed E-state index contributed by atoms with van der Waals surface area (Å²) in [5.41, 5.74) is -0.613. The highest BCUT2D eigenvalue weighted by molar-refractivity contribution is 6.03. The van der Waals surface area contributed by atoms with Gasteiger partial charge in [0, 0.05) is 24.5 Å². The molecule has 1 N–H and O–H groups in total. The van der Waals surface area contributed by atoms with Crippen LogP contribution in [0.15, 0.2) is 83.0 Å². The molecule has 2 heterocycles. The summed E-state index contributed by atoms with van der Waals surface area (Å²) in [6.07, 6.45) is 4.21.